The molecule has 0 unspecified atom stereocenters. The number of rotatable bonds is 3. The molecule has 0 radical (unpaired) electrons. The zero-order valence-corrected chi connectivity index (χ0v) is 11.8. The number of carboxylic acid groups (broad SMARTS) is 1. The maximum Gasteiger partial charge on any atom is 0.338 e. The third-order valence-corrected chi connectivity index (χ3v) is 3.28. The van der Waals surface area contributed by atoms with E-state index >= 15 is 0 Å². The lowest BCUT2D eigenvalue weighted by atomic mass is 10.1. The quantitative estimate of drug-likeness (QED) is 0.756. The number of benzene rings is 2. The van der Waals surface area contributed by atoms with Gasteiger partial charge >= 0.3 is 5.97 Å². The molecule has 2 rings (SSSR count). The van der Waals surface area contributed by atoms with Crippen LogP contribution in [0.4, 0.5) is 11.4 Å². The van der Waals surface area contributed by atoms with E-state index in [0.29, 0.717) is 16.8 Å². The molecule has 2 aromatic carbocycles. The van der Waals surface area contributed by atoms with E-state index in [-0.39, 0.29) is 11.3 Å². The molecule has 0 spiro atoms. The molecule has 5 nitrogen and oxygen atoms in total. The van der Waals surface area contributed by atoms with Gasteiger partial charge in [0.25, 0.3) is 5.91 Å². The van der Waals surface area contributed by atoms with Crippen LogP contribution >= 0.6 is 0 Å². The maximum atomic E-state index is 12.2. The van der Waals surface area contributed by atoms with Gasteiger partial charge in [0.15, 0.2) is 0 Å². The number of hydrogen-bond donors (Lipinski definition) is 3. The van der Waals surface area contributed by atoms with Gasteiger partial charge in [-0.3, -0.25) is 4.79 Å². The monoisotopic (exact) mass is 284 g/mol. The number of aryl methyl sites for hydroxylation is 2. The zero-order chi connectivity index (χ0) is 15.6. The Hall–Kier alpha value is -2.82. The molecule has 0 atom stereocenters. The summed E-state index contributed by atoms with van der Waals surface area (Å²) in [6.45, 7) is 3.53. The smallest absolute Gasteiger partial charge is 0.338 e. The minimum Gasteiger partial charge on any atom is -0.478 e. The summed E-state index contributed by atoms with van der Waals surface area (Å²) in [6.07, 6.45) is 0. The number of anilines is 2. The predicted molar refractivity (Wildman–Crippen MR) is 81.7 cm³/mol. The van der Waals surface area contributed by atoms with Crippen molar-refractivity contribution in [1.29, 1.82) is 0 Å². The molecule has 0 aromatic heterocycles. The summed E-state index contributed by atoms with van der Waals surface area (Å²) in [5.74, 6) is -1.47. The Kier molecular flexibility index (Phi) is 3.93. The normalized spacial score (nSPS) is 10.2. The van der Waals surface area contributed by atoms with Gasteiger partial charge in [-0.05, 0) is 43.2 Å². The van der Waals surface area contributed by atoms with E-state index in [2.05, 4.69) is 5.32 Å². The van der Waals surface area contributed by atoms with Crippen molar-refractivity contribution in [2.75, 3.05) is 11.1 Å². The lowest BCUT2D eigenvalue weighted by Crippen LogP contribution is -2.16. The highest BCUT2D eigenvalue weighted by Crippen LogP contribution is 2.21. The number of carbonyl (C=O) groups excluding carboxylic acids is 1. The molecular weight excluding hydrogens is 268 g/mol. The van der Waals surface area contributed by atoms with E-state index in [0.717, 1.165) is 5.56 Å². The average molecular weight is 284 g/mol. The van der Waals surface area contributed by atoms with Crippen molar-refractivity contribution in [2.24, 2.45) is 0 Å². The number of carboxylic acids is 1. The van der Waals surface area contributed by atoms with Crippen LogP contribution in [0.15, 0.2) is 36.4 Å². The standard InChI is InChI=1S/C16H16N2O3/c1-9-6-7-11(8-12(9)17)15(19)18-13-5-3-4-10(2)14(13)16(20)21/h3-8H,17H2,1-2H3,(H,18,19)(H,20,21). The van der Waals surface area contributed by atoms with Gasteiger partial charge in [-0.25, -0.2) is 4.79 Å². The number of nitrogen functional groups attached to an aromatic ring is 1. The van der Waals surface area contributed by atoms with Gasteiger partial charge in [0.05, 0.1) is 11.3 Å². The highest BCUT2D eigenvalue weighted by Gasteiger charge is 2.16. The minimum atomic E-state index is -1.08. The van der Waals surface area contributed by atoms with Gasteiger partial charge in [0.2, 0.25) is 0 Å². The van der Waals surface area contributed by atoms with Gasteiger partial charge in [0.1, 0.15) is 0 Å². The molecule has 2 aromatic rings. The molecule has 0 saturated heterocycles. The average Bonchev–Trinajstić information content (AvgIpc) is 2.41. The predicted octanol–water partition coefficient (Wildman–Crippen LogP) is 2.84. The minimum absolute atomic E-state index is 0.0888. The summed E-state index contributed by atoms with van der Waals surface area (Å²) in [5.41, 5.74) is 8.51. The Morgan fingerprint density at radius 3 is 2.43 bits per heavy atom. The van der Waals surface area contributed by atoms with E-state index in [4.69, 9.17) is 5.73 Å². The van der Waals surface area contributed by atoms with Crippen LogP contribution in [-0.4, -0.2) is 17.0 Å². The molecule has 21 heavy (non-hydrogen) atoms. The van der Waals surface area contributed by atoms with Crippen molar-refractivity contribution in [3.63, 3.8) is 0 Å². The topological polar surface area (TPSA) is 92.4 Å². The van der Waals surface area contributed by atoms with Crippen LogP contribution in [-0.2, 0) is 0 Å². The molecule has 0 bridgehead atoms. The lowest BCUT2D eigenvalue weighted by Gasteiger charge is -2.11. The molecule has 0 heterocycles. The fourth-order valence-corrected chi connectivity index (χ4v) is 2.03. The van der Waals surface area contributed by atoms with Crippen molar-refractivity contribution in [2.45, 2.75) is 13.8 Å². The zero-order valence-electron chi connectivity index (χ0n) is 11.8. The highest BCUT2D eigenvalue weighted by molar-refractivity contribution is 6.08. The van der Waals surface area contributed by atoms with Crippen molar-refractivity contribution in [3.8, 4) is 0 Å². The van der Waals surface area contributed by atoms with E-state index in [1.165, 1.54) is 0 Å². The molecule has 0 saturated carbocycles. The number of carbonyl (C=O) groups is 2. The van der Waals surface area contributed by atoms with E-state index in [1.807, 2.05) is 6.92 Å². The van der Waals surface area contributed by atoms with Crippen molar-refractivity contribution in [3.05, 3.63) is 58.7 Å². The first kappa shape index (κ1) is 14.6. The van der Waals surface area contributed by atoms with Gasteiger partial charge in [-0.15, -0.1) is 0 Å². The van der Waals surface area contributed by atoms with Crippen molar-refractivity contribution < 1.29 is 14.7 Å². The number of hydrogen-bond acceptors (Lipinski definition) is 3. The second kappa shape index (κ2) is 5.66. The third kappa shape index (κ3) is 3.02. The molecule has 108 valence electrons. The van der Waals surface area contributed by atoms with Crippen LogP contribution in [0.5, 0.6) is 0 Å². The summed E-state index contributed by atoms with van der Waals surface area (Å²) < 4.78 is 0. The Morgan fingerprint density at radius 1 is 1.10 bits per heavy atom. The lowest BCUT2D eigenvalue weighted by molar-refractivity contribution is 0.0697. The van der Waals surface area contributed by atoms with Crippen LogP contribution in [0.2, 0.25) is 0 Å². The van der Waals surface area contributed by atoms with Crippen LogP contribution in [0.25, 0.3) is 0 Å². The van der Waals surface area contributed by atoms with Crippen molar-refractivity contribution in [1.82, 2.24) is 0 Å². The fraction of sp³-hybridized carbons (Fsp3) is 0.125. The molecule has 5 heteroatoms. The highest BCUT2D eigenvalue weighted by atomic mass is 16.4. The summed E-state index contributed by atoms with van der Waals surface area (Å²) in [7, 11) is 0. The molecule has 1 amide bonds. The Labute approximate surface area is 122 Å². The second-order valence-corrected chi connectivity index (χ2v) is 4.83. The van der Waals surface area contributed by atoms with E-state index < -0.39 is 11.9 Å². The van der Waals surface area contributed by atoms with Gasteiger partial charge in [0, 0.05) is 11.3 Å². The summed E-state index contributed by atoms with van der Waals surface area (Å²) in [4.78, 5) is 23.5. The van der Waals surface area contributed by atoms with Crippen LogP contribution in [0, 0.1) is 13.8 Å². The van der Waals surface area contributed by atoms with Crippen LogP contribution < -0.4 is 11.1 Å². The van der Waals surface area contributed by atoms with E-state index in [1.54, 1.807) is 43.3 Å². The molecule has 4 N–H and O–H groups in total. The van der Waals surface area contributed by atoms with Gasteiger partial charge in [-0.2, -0.15) is 0 Å². The number of nitrogens with two attached hydrogens (primary N) is 1. The summed E-state index contributed by atoms with van der Waals surface area (Å²) in [6, 6.07) is 9.91. The Balaban J connectivity index is 2.34. The molecule has 0 aliphatic heterocycles. The molecular formula is C16H16N2O3. The Morgan fingerprint density at radius 2 is 1.81 bits per heavy atom. The van der Waals surface area contributed by atoms with Crippen LogP contribution in [0.1, 0.15) is 31.8 Å². The maximum absolute atomic E-state index is 12.2. The third-order valence-electron chi connectivity index (χ3n) is 3.28. The largest absolute Gasteiger partial charge is 0.478 e. The molecule has 0 aliphatic carbocycles. The number of nitrogens with one attached hydrogen (secondary N) is 1. The second-order valence-electron chi connectivity index (χ2n) is 4.83. The van der Waals surface area contributed by atoms with Crippen LogP contribution in [0.3, 0.4) is 0 Å². The first-order chi connectivity index (χ1) is 9.90. The number of aromatic carboxylic acids is 1. The number of amides is 1. The van der Waals surface area contributed by atoms with Gasteiger partial charge in [-0.1, -0.05) is 18.2 Å². The summed E-state index contributed by atoms with van der Waals surface area (Å²) in [5, 5.41) is 11.9. The first-order valence-electron chi connectivity index (χ1n) is 6.40. The SMILES string of the molecule is Cc1ccc(C(=O)Nc2cccc(C)c2C(=O)O)cc1N. The summed E-state index contributed by atoms with van der Waals surface area (Å²) >= 11 is 0. The van der Waals surface area contributed by atoms with Crippen molar-refractivity contribution >= 4 is 23.3 Å². The van der Waals surface area contributed by atoms with Gasteiger partial charge < -0.3 is 16.2 Å². The first-order valence-corrected chi connectivity index (χ1v) is 6.40. The van der Waals surface area contributed by atoms with E-state index in [9.17, 15) is 14.7 Å². The fourth-order valence-electron chi connectivity index (χ4n) is 2.03. The molecule has 0 fully saturated rings. The Bertz CT molecular complexity index is 723. The molecule has 0 aliphatic rings.